The Labute approximate surface area is 196 Å². The molecule has 0 atom stereocenters. The Bertz CT molecular complexity index is 1270. The molecule has 184 valence electrons. The molecular formula is C21H20F3N7O4. The number of ether oxygens (including phenoxy) is 2. The maximum absolute atomic E-state index is 13.1. The topological polar surface area (TPSA) is 123 Å². The molecule has 11 nitrogen and oxygen atoms in total. The molecule has 1 aromatic carbocycles. The molecule has 1 fully saturated rings. The number of hydrogen-bond donors (Lipinski definition) is 2. The molecule has 35 heavy (non-hydrogen) atoms. The van der Waals surface area contributed by atoms with Crippen molar-refractivity contribution < 1.29 is 32.2 Å². The summed E-state index contributed by atoms with van der Waals surface area (Å²) in [5, 5.41) is 10.7. The fourth-order valence-electron chi connectivity index (χ4n) is 3.97. The Morgan fingerprint density at radius 1 is 0.971 bits per heavy atom. The second-order valence-electron chi connectivity index (χ2n) is 8.05. The molecule has 5 rings (SSSR count). The van der Waals surface area contributed by atoms with Crippen molar-refractivity contribution in [1.82, 2.24) is 30.7 Å². The predicted molar refractivity (Wildman–Crippen MR) is 114 cm³/mol. The Hall–Kier alpha value is -4.10. The Morgan fingerprint density at radius 3 is 2.46 bits per heavy atom. The van der Waals surface area contributed by atoms with Gasteiger partial charge in [0.25, 0.3) is 11.7 Å². The summed E-state index contributed by atoms with van der Waals surface area (Å²) in [4.78, 5) is 26.7. The third-order valence-corrected chi connectivity index (χ3v) is 5.80. The number of amides is 2. The van der Waals surface area contributed by atoms with Crippen LogP contribution in [0.1, 0.15) is 29.0 Å². The van der Waals surface area contributed by atoms with E-state index in [-0.39, 0.29) is 17.5 Å². The lowest BCUT2D eigenvalue weighted by molar-refractivity contribution is -0.146. The molecule has 14 heteroatoms. The highest BCUT2D eigenvalue weighted by Gasteiger charge is 2.38. The van der Waals surface area contributed by atoms with Crippen LogP contribution in [0, 0.1) is 5.92 Å². The van der Waals surface area contributed by atoms with Crippen LogP contribution >= 0.6 is 0 Å². The van der Waals surface area contributed by atoms with E-state index in [2.05, 4.69) is 26.1 Å². The molecule has 4 heterocycles. The second-order valence-corrected chi connectivity index (χ2v) is 8.05. The van der Waals surface area contributed by atoms with Crippen LogP contribution in [-0.4, -0.2) is 57.9 Å². The molecule has 0 radical (unpaired) electrons. The van der Waals surface area contributed by atoms with Gasteiger partial charge >= 0.3 is 6.18 Å². The van der Waals surface area contributed by atoms with Gasteiger partial charge in [-0.25, -0.2) is 0 Å². The summed E-state index contributed by atoms with van der Waals surface area (Å²) in [5.74, 6) is -1.08. The van der Waals surface area contributed by atoms with Crippen LogP contribution in [0.4, 0.5) is 19.0 Å². The molecule has 0 saturated carbocycles. The largest absolute Gasteiger partial charge is 0.486 e. The first kappa shape index (κ1) is 22.7. The van der Waals surface area contributed by atoms with E-state index < -0.39 is 17.9 Å². The number of fused-ring (bicyclic) bond motifs is 2. The third-order valence-electron chi connectivity index (χ3n) is 5.80. The standard InChI is InChI=1S/C21H20F3N7O4/c22-21(23,24)20-28-25-16-3-4-17(29-31(16)20)30-7-5-12(6-8-30)18(32)26-27-19(33)13-1-2-14-15(11-13)35-10-9-34-14/h1-4,11-12H,5-10H2,(H,26,32)(H,27,33). The van der Waals surface area contributed by atoms with Crippen molar-refractivity contribution in [3.63, 3.8) is 0 Å². The second kappa shape index (κ2) is 8.92. The molecule has 2 aliphatic rings. The van der Waals surface area contributed by atoms with Gasteiger partial charge in [-0.05, 0) is 43.2 Å². The average Bonchev–Trinajstić information content (AvgIpc) is 3.31. The lowest BCUT2D eigenvalue weighted by Gasteiger charge is -2.32. The van der Waals surface area contributed by atoms with Gasteiger partial charge in [-0.1, -0.05) is 0 Å². The minimum Gasteiger partial charge on any atom is -0.486 e. The lowest BCUT2D eigenvalue weighted by atomic mass is 9.96. The minimum atomic E-state index is -4.68. The number of alkyl halides is 3. The molecule has 2 aliphatic heterocycles. The summed E-state index contributed by atoms with van der Waals surface area (Å²) in [6.45, 7) is 1.62. The van der Waals surface area contributed by atoms with E-state index in [1.807, 2.05) is 0 Å². The molecule has 0 unspecified atom stereocenters. The van der Waals surface area contributed by atoms with Gasteiger partial charge in [0, 0.05) is 24.6 Å². The number of carbonyl (C=O) groups is 2. The van der Waals surface area contributed by atoms with Crippen LogP contribution in [0.5, 0.6) is 11.5 Å². The van der Waals surface area contributed by atoms with E-state index in [1.54, 1.807) is 23.1 Å². The first-order valence-corrected chi connectivity index (χ1v) is 10.8. The van der Waals surface area contributed by atoms with E-state index in [4.69, 9.17) is 9.47 Å². The van der Waals surface area contributed by atoms with E-state index in [1.165, 1.54) is 12.1 Å². The highest BCUT2D eigenvalue weighted by molar-refractivity contribution is 5.96. The van der Waals surface area contributed by atoms with Gasteiger partial charge in [0.2, 0.25) is 5.91 Å². The number of nitrogens with zero attached hydrogens (tertiary/aromatic N) is 5. The highest BCUT2D eigenvalue weighted by Crippen LogP contribution is 2.31. The van der Waals surface area contributed by atoms with Gasteiger partial charge in [0.1, 0.15) is 19.0 Å². The zero-order valence-electron chi connectivity index (χ0n) is 18.2. The van der Waals surface area contributed by atoms with Crippen LogP contribution in [0.2, 0.25) is 0 Å². The number of carbonyl (C=O) groups excluding carboxylic acids is 2. The summed E-state index contributed by atoms with van der Waals surface area (Å²) >= 11 is 0. The molecule has 0 bridgehead atoms. The maximum Gasteiger partial charge on any atom is 0.453 e. The molecule has 0 aliphatic carbocycles. The molecule has 1 saturated heterocycles. The fraction of sp³-hybridized carbons (Fsp3) is 0.381. The van der Waals surface area contributed by atoms with Gasteiger partial charge in [0.15, 0.2) is 17.1 Å². The van der Waals surface area contributed by atoms with Crippen molar-refractivity contribution in [2.45, 2.75) is 19.0 Å². The molecule has 3 aromatic rings. The quantitative estimate of drug-likeness (QED) is 0.530. The van der Waals surface area contributed by atoms with Crippen LogP contribution in [0.15, 0.2) is 30.3 Å². The Morgan fingerprint density at radius 2 is 1.71 bits per heavy atom. The number of nitrogens with one attached hydrogen (secondary N) is 2. The Kier molecular flexibility index (Phi) is 5.78. The molecular weight excluding hydrogens is 471 g/mol. The third kappa shape index (κ3) is 4.63. The van der Waals surface area contributed by atoms with Crippen molar-refractivity contribution in [3.8, 4) is 11.5 Å². The zero-order valence-corrected chi connectivity index (χ0v) is 18.2. The summed E-state index contributed by atoms with van der Waals surface area (Å²) in [6, 6.07) is 7.72. The van der Waals surface area contributed by atoms with Crippen molar-refractivity contribution >= 4 is 23.3 Å². The number of halogens is 3. The normalized spacial score (nSPS) is 16.3. The van der Waals surface area contributed by atoms with Crippen LogP contribution in [-0.2, 0) is 11.0 Å². The van der Waals surface area contributed by atoms with Crippen LogP contribution in [0.3, 0.4) is 0 Å². The van der Waals surface area contributed by atoms with Crippen molar-refractivity contribution in [3.05, 3.63) is 41.7 Å². The van der Waals surface area contributed by atoms with E-state index in [0.717, 1.165) is 0 Å². The van der Waals surface area contributed by atoms with E-state index in [9.17, 15) is 22.8 Å². The predicted octanol–water partition coefficient (Wildman–Crippen LogP) is 1.59. The number of hydrazine groups is 1. The minimum absolute atomic E-state index is 0.0101. The van der Waals surface area contributed by atoms with Gasteiger partial charge in [-0.3, -0.25) is 20.4 Å². The first-order valence-electron chi connectivity index (χ1n) is 10.8. The molecule has 0 spiro atoms. The number of rotatable bonds is 3. The number of benzene rings is 1. The maximum atomic E-state index is 13.1. The number of aromatic nitrogens is 4. The van der Waals surface area contributed by atoms with Gasteiger partial charge in [-0.15, -0.1) is 15.3 Å². The monoisotopic (exact) mass is 491 g/mol. The lowest BCUT2D eigenvalue weighted by Crippen LogP contribution is -2.47. The summed E-state index contributed by atoms with van der Waals surface area (Å²) in [5.41, 5.74) is 5.13. The average molecular weight is 491 g/mol. The van der Waals surface area contributed by atoms with Gasteiger partial charge in [-0.2, -0.15) is 17.7 Å². The Balaban J connectivity index is 1.16. The molecule has 2 N–H and O–H groups in total. The van der Waals surface area contributed by atoms with Crippen LogP contribution < -0.4 is 25.2 Å². The number of anilines is 1. The van der Waals surface area contributed by atoms with Crippen LogP contribution in [0.25, 0.3) is 5.65 Å². The fourth-order valence-corrected chi connectivity index (χ4v) is 3.97. The van der Waals surface area contributed by atoms with Crippen molar-refractivity contribution in [1.29, 1.82) is 0 Å². The smallest absolute Gasteiger partial charge is 0.453 e. The zero-order chi connectivity index (χ0) is 24.6. The number of piperidine rings is 1. The van der Waals surface area contributed by atoms with Gasteiger partial charge < -0.3 is 14.4 Å². The summed E-state index contributed by atoms with van der Waals surface area (Å²) < 4.78 is 50.9. The first-order chi connectivity index (χ1) is 16.8. The summed E-state index contributed by atoms with van der Waals surface area (Å²) in [7, 11) is 0. The molecule has 2 aromatic heterocycles. The molecule has 2 amide bonds. The number of hydrogen-bond acceptors (Lipinski definition) is 8. The van der Waals surface area contributed by atoms with E-state index in [0.29, 0.717) is 66.5 Å². The summed E-state index contributed by atoms with van der Waals surface area (Å²) in [6.07, 6.45) is -3.82. The van der Waals surface area contributed by atoms with Crippen molar-refractivity contribution in [2.24, 2.45) is 5.92 Å². The van der Waals surface area contributed by atoms with Crippen molar-refractivity contribution in [2.75, 3.05) is 31.2 Å². The highest BCUT2D eigenvalue weighted by atomic mass is 19.4. The SMILES string of the molecule is O=C(NNC(=O)C1CCN(c2ccc3nnc(C(F)(F)F)n3n2)CC1)c1ccc2c(c1)OCCO2. The van der Waals surface area contributed by atoms with Gasteiger partial charge in [0.05, 0.1) is 0 Å². The van der Waals surface area contributed by atoms with E-state index >= 15 is 0 Å².